The van der Waals surface area contributed by atoms with Crippen molar-refractivity contribution in [2.24, 2.45) is 0 Å². The molecule has 2 aromatic carbocycles. The van der Waals surface area contributed by atoms with Crippen molar-refractivity contribution < 1.29 is 18.0 Å². The second-order valence-corrected chi connectivity index (χ2v) is 9.43. The van der Waals surface area contributed by atoms with Crippen LogP contribution in [0.5, 0.6) is 0 Å². The minimum Gasteiger partial charge on any atom is -0.350 e. The Morgan fingerprint density at radius 2 is 1.61 bits per heavy atom. The Kier molecular flexibility index (Phi) is 8.21. The van der Waals surface area contributed by atoms with Crippen molar-refractivity contribution in [3.63, 3.8) is 0 Å². The highest BCUT2D eigenvalue weighted by Crippen LogP contribution is 2.23. The predicted octanol–water partition coefficient (Wildman–Crippen LogP) is 3.57. The molecule has 0 fully saturated rings. The summed E-state index contributed by atoms with van der Waals surface area (Å²) in [5.74, 6) is -0.832. The molecule has 2 aromatic rings. The first-order chi connectivity index (χ1) is 14.6. The highest BCUT2D eigenvalue weighted by atomic mass is 32.2. The van der Waals surface area contributed by atoms with Gasteiger partial charge in [-0.25, -0.2) is 8.42 Å². The molecule has 2 atom stereocenters. The second kappa shape index (κ2) is 10.4. The molecule has 0 aromatic heterocycles. The standard InChI is InChI=1S/C23H31N3O4S/c1-6-16(3)24-23(28)20-10-8-9-11-21(20)25-22(27)17(4)26(31(5,29)30)19-14-12-18(7-2)13-15-19/h8-17H,6-7H2,1-5H3,(H,24,28)(H,25,27). The number of nitrogens with zero attached hydrogens (tertiary/aromatic N) is 1. The summed E-state index contributed by atoms with van der Waals surface area (Å²) in [6.45, 7) is 7.39. The van der Waals surface area contributed by atoms with Crippen molar-refractivity contribution >= 4 is 33.2 Å². The summed E-state index contributed by atoms with van der Waals surface area (Å²) in [6.07, 6.45) is 2.67. The Morgan fingerprint density at radius 1 is 1.00 bits per heavy atom. The smallest absolute Gasteiger partial charge is 0.253 e. The van der Waals surface area contributed by atoms with Crippen LogP contribution in [0.25, 0.3) is 0 Å². The molecule has 0 heterocycles. The van der Waals surface area contributed by atoms with Crippen LogP contribution in [-0.2, 0) is 21.2 Å². The molecule has 8 heteroatoms. The lowest BCUT2D eigenvalue weighted by molar-refractivity contribution is -0.116. The van der Waals surface area contributed by atoms with Crippen LogP contribution < -0.4 is 14.9 Å². The van der Waals surface area contributed by atoms with Crippen LogP contribution in [0, 0.1) is 0 Å². The molecule has 2 amide bonds. The zero-order valence-corrected chi connectivity index (χ0v) is 19.5. The van der Waals surface area contributed by atoms with Crippen LogP contribution in [0.15, 0.2) is 48.5 Å². The molecule has 0 radical (unpaired) electrons. The van der Waals surface area contributed by atoms with Gasteiger partial charge in [0.15, 0.2) is 0 Å². The normalized spacial score (nSPS) is 13.2. The van der Waals surface area contributed by atoms with E-state index < -0.39 is 22.0 Å². The number of rotatable bonds is 9. The molecule has 0 saturated carbocycles. The Labute approximate surface area is 184 Å². The van der Waals surface area contributed by atoms with Crippen LogP contribution in [0.1, 0.15) is 50.0 Å². The van der Waals surface area contributed by atoms with E-state index in [1.807, 2.05) is 32.9 Å². The van der Waals surface area contributed by atoms with E-state index in [4.69, 9.17) is 0 Å². The molecule has 2 rings (SSSR count). The van der Waals surface area contributed by atoms with Crippen molar-refractivity contribution in [2.75, 3.05) is 15.9 Å². The number of carbonyl (C=O) groups is 2. The van der Waals surface area contributed by atoms with Crippen LogP contribution in [-0.4, -0.2) is 38.6 Å². The maximum atomic E-state index is 13.0. The van der Waals surface area contributed by atoms with Gasteiger partial charge in [0, 0.05) is 6.04 Å². The Morgan fingerprint density at radius 3 is 2.16 bits per heavy atom. The second-order valence-electron chi connectivity index (χ2n) is 7.57. The van der Waals surface area contributed by atoms with Crippen LogP contribution in [0.2, 0.25) is 0 Å². The summed E-state index contributed by atoms with van der Waals surface area (Å²) < 4.78 is 26.1. The quantitative estimate of drug-likeness (QED) is 0.617. The molecule has 31 heavy (non-hydrogen) atoms. The van der Waals surface area contributed by atoms with Crippen molar-refractivity contribution in [1.82, 2.24) is 5.32 Å². The zero-order valence-electron chi connectivity index (χ0n) is 18.7. The third kappa shape index (κ3) is 6.30. The van der Waals surface area contributed by atoms with Gasteiger partial charge in [-0.1, -0.05) is 38.1 Å². The van der Waals surface area contributed by atoms with E-state index in [0.29, 0.717) is 16.9 Å². The zero-order chi connectivity index (χ0) is 23.2. The molecule has 168 valence electrons. The molecule has 0 saturated heterocycles. The number of carbonyl (C=O) groups excluding carboxylic acids is 2. The highest BCUT2D eigenvalue weighted by molar-refractivity contribution is 7.92. The van der Waals surface area contributed by atoms with Gasteiger partial charge in [0.2, 0.25) is 15.9 Å². The third-order valence-electron chi connectivity index (χ3n) is 5.11. The van der Waals surface area contributed by atoms with Crippen molar-refractivity contribution in [1.29, 1.82) is 0 Å². The maximum Gasteiger partial charge on any atom is 0.253 e. The summed E-state index contributed by atoms with van der Waals surface area (Å²) in [4.78, 5) is 25.6. The van der Waals surface area contributed by atoms with Gasteiger partial charge in [0.05, 0.1) is 23.2 Å². The molecular formula is C23H31N3O4S. The van der Waals surface area contributed by atoms with Gasteiger partial charge in [-0.05, 0) is 56.5 Å². The summed E-state index contributed by atoms with van der Waals surface area (Å²) in [5.41, 5.74) is 2.12. The molecule has 2 N–H and O–H groups in total. The third-order valence-corrected chi connectivity index (χ3v) is 6.35. The minimum absolute atomic E-state index is 0.0120. The predicted molar refractivity (Wildman–Crippen MR) is 125 cm³/mol. The fourth-order valence-electron chi connectivity index (χ4n) is 3.12. The Balaban J connectivity index is 2.30. The van der Waals surface area contributed by atoms with E-state index in [-0.39, 0.29) is 11.9 Å². The first kappa shape index (κ1) is 24.4. The topological polar surface area (TPSA) is 95.6 Å². The van der Waals surface area contributed by atoms with E-state index in [0.717, 1.165) is 29.0 Å². The maximum absolute atomic E-state index is 13.0. The molecule has 0 spiro atoms. The van der Waals surface area contributed by atoms with Gasteiger partial charge in [-0.2, -0.15) is 0 Å². The Bertz CT molecular complexity index is 1020. The fourth-order valence-corrected chi connectivity index (χ4v) is 4.29. The molecule has 0 aliphatic rings. The van der Waals surface area contributed by atoms with Crippen LogP contribution >= 0.6 is 0 Å². The van der Waals surface area contributed by atoms with E-state index in [1.54, 1.807) is 36.4 Å². The van der Waals surface area contributed by atoms with E-state index >= 15 is 0 Å². The molecule has 0 aliphatic carbocycles. The number of nitrogens with one attached hydrogen (secondary N) is 2. The summed E-state index contributed by atoms with van der Waals surface area (Å²) in [5, 5.41) is 5.60. The highest BCUT2D eigenvalue weighted by Gasteiger charge is 2.29. The van der Waals surface area contributed by atoms with Crippen molar-refractivity contribution in [3.05, 3.63) is 59.7 Å². The van der Waals surface area contributed by atoms with Gasteiger partial charge in [0.1, 0.15) is 6.04 Å². The molecule has 7 nitrogen and oxygen atoms in total. The first-order valence-electron chi connectivity index (χ1n) is 10.4. The largest absolute Gasteiger partial charge is 0.350 e. The minimum atomic E-state index is -3.73. The number of sulfonamides is 1. The van der Waals surface area contributed by atoms with E-state index in [2.05, 4.69) is 10.6 Å². The van der Waals surface area contributed by atoms with Crippen molar-refractivity contribution in [3.8, 4) is 0 Å². The van der Waals surface area contributed by atoms with E-state index in [9.17, 15) is 18.0 Å². The van der Waals surface area contributed by atoms with Gasteiger partial charge < -0.3 is 10.6 Å². The number of hydrogen-bond donors (Lipinski definition) is 2. The van der Waals surface area contributed by atoms with Gasteiger partial charge in [-0.3, -0.25) is 13.9 Å². The number of benzene rings is 2. The SMILES string of the molecule is CCc1ccc(N(C(C)C(=O)Nc2ccccc2C(=O)NC(C)CC)S(C)(=O)=O)cc1. The summed E-state index contributed by atoms with van der Waals surface area (Å²) in [6, 6.07) is 12.7. The van der Waals surface area contributed by atoms with Gasteiger partial charge in [0.25, 0.3) is 5.91 Å². The lowest BCUT2D eigenvalue weighted by atomic mass is 10.1. The number of hydrogen-bond acceptors (Lipinski definition) is 4. The molecule has 2 unspecified atom stereocenters. The number of anilines is 2. The molecular weight excluding hydrogens is 414 g/mol. The number of amides is 2. The Hall–Kier alpha value is -2.87. The summed E-state index contributed by atoms with van der Waals surface area (Å²) in [7, 11) is -3.73. The molecule has 0 aliphatic heterocycles. The van der Waals surface area contributed by atoms with Crippen molar-refractivity contribution in [2.45, 2.75) is 52.6 Å². The average Bonchev–Trinajstić information content (AvgIpc) is 2.73. The van der Waals surface area contributed by atoms with Gasteiger partial charge >= 0.3 is 0 Å². The first-order valence-corrected chi connectivity index (χ1v) is 12.2. The molecule has 0 bridgehead atoms. The lowest BCUT2D eigenvalue weighted by Crippen LogP contribution is -2.45. The average molecular weight is 446 g/mol. The monoisotopic (exact) mass is 445 g/mol. The number of aryl methyl sites for hydroxylation is 1. The van der Waals surface area contributed by atoms with E-state index in [1.165, 1.54) is 6.92 Å². The van der Waals surface area contributed by atoms with Crippen LogP contribution in [0.3, 0.4) is 0 Å². The lowest BCUT2D eigenvalue weighted by Gasteiger charge is -2.28. The number of para-hydroxylation sites is 1. The van der Waals surface area contributed by atoms with Gasteiger partial charge in [-0.15, -0.1) is 0 Å². The van der Waals surface area contributed by atoms with Crippen LogP contribution in [0.4, 0.5) is 11.4 Å². The summed E-state index contributed by atoms with van der Waals surface area (Å²) >= 11 is 0. The fraction of sp³-hybridized carbons (Fsp3) is 0.391.